The van der Waals surface area contributed by atoms with Gasteiger partial charge in [-0.15, -0.1) is 0 Å². The first kappa shape index (κ1) is 12.9. The van der Waals surface area contributed by atoms with Gasteiger partial charge in [-0.2, -0.15) is 0 Å². The molecule has 0 unspecified atom stereocenters. The van der Waals surface area contributed by atoms with Crippen LogP contribution < -0.4 is 9.80 Å². The number of H-pyrrole nitrogens is 1. The minimum absolute atomic E-state index is 0.473. The number of anilines is 2. The molecule has 6 heteroatoms. The Kier molecular flexibility index (Phi) is 3.16. The lowest BCUT2D eigenvalue weighted by Gasteiger charge is -2.29. The zero-order valence-corrected chi connectivity index (χ0v) is 12.1. The Hall–Kier alpha value is -1.85. The summed E-state index contributed by atoms with van der Waals surface area (Å²) in [6.07, 6.45) is 7.17. The van der Waals surface area contributed by atoms with Crippen LogP contribution in [0.5, 0.6) is 0 Å². The van der Waals surface area contributed by atoms with Crippen molar-refractivity contribution in [3.63, 3.8) is 0 Å². The molecule has 2 aliphatic rings. The fourth-order valence-corrected chi connectivity index (χ4v) is 3.46. The molecule has 0 radical (unpaired) electrons. The summed E-state index contributed by atoms with van der Waals surface area (Å²) in [6.45, 7) is 3.33. The maximum Gasteiger partial charge on any atom is 0.145 e. The summed E-state index contributed by atoms with van der Waals surface area (Å²) in [7, 11) is 0. The Balaban J connectivity index is 1.77. The van der Waals surface area contributed by atoms with Gasteiger partial charge in [-0.3, -0.25) is 0 Å². The second kappa shape index (κ2) is 5.16. The molecule has 2 aliphatic heterocycles. The number of aromatic amines is 1. The molecule has 0 aromatic carbocycles. The van der Waals surface area contributed by atoms with Gasteiger partial charge in [-0.1, -0.05) is 0 Å². The zero-order chi connectivity index (χ0) is 14.2. The molecule has 1 N–H and O–H groups in total. The van der Waals surface area contributed by atoms with Crippen LogP contribution in [0.1, 0.15) is 25.7 Å². The summed E-state index contributed by atoms with van der Waals surface area (Å²) >= 11 is 0. The van der Waals surface area contributed by atoms with Gasteiger partial charge in [0.1, 0.15) is 24.0 Å². The zero-order valence-electron chi connectivity index (χ0n) is 12.1. The minimum Gasteiger partial charge on any atom is -0.367 e. The fraction of sp³-hybridized carbons (Fsp3) is 0.600. The Morgan fingerprint density at radius 2 is 1.95 bits per heavy atom. The van der Waals surface area contributed by atoms with E-state index in [0.717, 1.165) is 42.2 Å². The monoisotopic (exact) mass is 289 g/mol. The number of nitrogens with zero attached hydrogens (tertiary/aromatic N) is 4. The van der Waals surface area contributed by atoms with Gasteiger partial charge in [0, 0.05) is 32.4 Å². The molecule has 0 saturated carbocycles. The van der Waals surface area contributed by atoms with Gasteiger partial charge >= 0.3 is 0 Å². The number of nitrogens with one attached hydrogen (secondary N) is 1. The van der Waals surface area contributed by atoms with Crippen LogP contribution in [0, 0.1) is 0 Å². The summed E-state index contributed by atoms with van der Waals surface area (Å²) in [6, 6.07) is 0. The van der Waals surface area contributed by atoms with E-state index in [2.05, 4.69) is 24.8 Å². The summed E-state index contributed by atoms with van der Waals surface area (Å²) < 4.78 is 13.5. The van der Waals surface area contributed by atoms with Crippen molar-refractivity contribution < 1.29 is 4.39 Å². The summed E-state index contributed by atoms with van der Waals surface area (Å²) in [4.78, 5) is 16.5. The van der Waals surface area contributed by atoms with E-state index in [9.17, 15) is 4.39 Å². The molecule has 4 rings (SSSR count). The lowest BCUT2D eigenvalue weighted by atomic mass is 10.1. The number of hydrogen-bond acceptors (Lipinski definition) is 4. The number of alkyl halides is 1. The molecule has 2 aromatic heterocycles. The minimum atomic E-state index is -0.724. The molecule has 21 heavy (non-hydrogen) atoms. The molecule has 112 valence electrons. The van der Waals surface area contributed by atoms with Gasteiger partial charge in [0.05, 0.1) is 11.1 Å². The molecule has 2 fully saturated rings. The van der Waals surface area contributed by atoms with E-state index in [1.54, 1.807) is 6.33 Å². The Bertz CT molecular complexity index is 634. The van der Waals surface area contributed by atoms with Crippen molar-refractivity contribution >= 4 is 22.5 Å². The van der Waals surface area contributed by atoms with Crippen LogP contribution in [0.2, 0.25) is 0 Å². The van der Waals surface area contributed by atoms with Gasteiger partial charge in [-0.25, -0.2) is 14.4 Å². The van der Waals surface area contributed by atoms with Gasteiger partial charge in [-0.05, 0) is 25.7 Å². The number of aromatic nitrogens is 3. The van der Waals surface area contributed by atoms with Crippen LogP contribution in [0.15, 0.2) is 12.5 Å². The number of halogens is 1. The van der Waals surface area contributed by atoms with Crippen LogP contribution in [-0.4, -0.2) is 47.3 Å². The van der Waals surface area contributed by atoms with Crippen LogP contribution in [0.4, 0.5) is 15.9 Å². The Morgan fingerprint density at radius 3 is 2.71 bits per heavy atom. The van der Waals surface area contributed by atoms with Crippen LogP contribution in [-0.2, 0) is 0 Å². The first-order chi connectivity index (χ1) is 10.3. The fourth-order valence-electron chi connectivity index (χ4n) is 3.46. The first-order valence-electron chi connectivity index (χ1n) is 7.79. The maximum atomic E-state index is 13.5. The van der Waals surface area contributed by atoms with Crippen LogP contribution in [0.25, 0.3) is 11.0 Å². The van der Waals surface area contributed by atoms with Gasteiger partial charge in [0.25, 0.3) is 0 Å². The third-order valence-electron chi connectivity index (χ3n) is 4.56. The normalized spacial score (nSPS) is 23.2. The maximum absolute atomic E-state index is 13.5. The molecule has 2 aromatic rings. The summed E-state index contributed by atoms with van der Waals surface area (Å²) in [5.41, 5.74) is 1.90. The van der Waals surface area contributed by atoms with Crippen molar-refractivity contribution in [3.8, 4) is 0 Å². The Morgan fingerprint density at radius 1 is 1.10 bits per heavy atom. The molecule has 0 bridgehead atoms. The van der Waals surface area contributed by atoms with E-state index >= 15 is 0 Å². The van der Waals surface area contributed by atoms with E-state index in [1.807, 2.05) is 6.20 Å². The molecule has 5 nitrogen and oxygen atoms in total. The predicted octanol–water partition coefficient (Wildman–Crippen LogP) is 2.50. The second-order valence-corrected chi connectivity index (χ2v) is 5.97. The highest BCUT2D eigenvalue weighted by molar-refractivity contribution is 5.99. The van der Waals surface area contributed by atoms with Crippen molar-refractivity contribution in [3.05, 3.63) is 12.5 Å². The molecule has 1 atom stereocenters. The number of fused-ring (bicyclic) bond motifs is 1. The molecular formula is C15H20FN5. The average molecular weight is 289 g/mol. The number of rotatable bonds is 2. The van der Waals surface area contributed by atoms with Gasteiger partial charge in [0.2, 0.25) is 0 Å². The van der Waals surface area contributed by atoms with Crippen molar-refractivity contribution in [2.45, 2.75) is 31.9 Å². The quantitative estimate of drug-likeness (QED) is 0.923. The van der Waals surface area contributed by atoms with Crippen molar-refractivity contribution in [1.82, 2.24) is 15.0 Å². The van der Waals surface area contributed by atoms with Gasteiger partial charge < -0.3 is 14.8 Å². The second-order valence-electron chi connectivity index (χ2n) is 5.97. The van der Waals surface area contributed by atoms with Gasteiger partial charge in [0.15, 0.2) is 0 Å². The van der Waals surface area contributed by atoms with Crippen molar-refractivity contribution in [1.29, 1.82) is 0 Å². The standard InChI is InChI=1S/C15H20FN5/c16-11-4-7-21(9-11)12-8-17-14-13(12)15(19-10-18-14)20-5-2-1-3-6-20/h8,10-11H,1-7,9H2,(H,17,18,19)/t11-/m0/s1. The summed E-state index contributed by atoms with van der Waals surface area (Å²) in [5.74, 6) is 0.998. The first-order valence-corrected chi connectivity index (χ1v) is 7.79. The highest BCUT2D eigenvalue weighted by atomic mass is 19.1. The SMILES string of the molecule is F[C@H]1CCN(c2c[nH]c3ncnc(N4CCCCC4)c23)C1. The smallest absolute Gasteiger partial charge is 0.145 e. The average Bonchev–Trinajstić information content (AvgIpc) is 3.13. The van der Waals surface area contributed by atoms with E-state index in [-0.39, 0.29) is 0 Å². The van der Waals surface area contributed by atoms with E-state index in [1.165, 1.54) is 19.3 Å². The van der Waals surface area contributed by atoms with E-state index < -0.39 is 6.17 Å². The molecule has 0 spiro atoms. The lowest BCUT2D eigenvalue weighted by Crippen LogP contribution is -2.30. The largest absolute Gasteiger partial charge is 0.367 e. The predicted molar refractivity (Wildman–Crippen MR) is 81.7 cm³/mol. The molecule has 4 heterocycles. The Labute approximate surface area is 123 Å². The van der Waals surface area contributed by atoms with Crippen LogP contribution >= 0.6 is 0 Å². The molecule has 0 aliphatic carbocycles. The number of piperidine rings is 1. The number of hydrogen-bond donors (Lipinski definition) is 1. The topological polar surface area (TPSA) is 48.1 Å². The van der Waals surface area contributed by atoms with E-state index in [0.29, 0.717) is 13.0 Å². The third-order valence-corrected chi connectivity index (χ3v) is 4.56. The van der Waals surface area contributed by atoms with Crippen molar-refractivity contribution in [2.24, 2.45) is 0 Å². The van der Waals surface area contributed by atoms with Crippen molar-refractivity contribution in [2.75, 3.05) is 36.0 Å². The third kappa shape index (κ3) is 2.22. The lowest BCUT2D eigenvalue weighted by molar-refractivity contribution is 0.364. The highest BCUT2D eigenvalue weighted by Gasteiger charge is 2.26. The molecular weight excluding hydrogens is 269 g/mol. The highest BCUT2D eigenvalue weighted by Crippen LogP contribution is 2.35. The summed E-state index contributed by atoms with van der Waals surface area (Å²) in [5, 5.41) is 1.05. The van der Waals surface area contributed by atoms with E-state index in [4.69, 9.17) is 0 Å². The molecule has 0 amide bonds. The molecule has 2 saturated heterocycles. The van der Waals surface area contributed by atoms with Crippen LogP contribution in [0.3, 0.4) is 0 Å².